The van der Waals surface area contributed by atoms with Crippen molar-refractivity contribution in [3.63, 3.8) is 0 Å². The number of nitrogens with one attached hydrogen (secondary N) is 1. The molecule has 1 aliphatic rings. The molecule has 3 N–H and O–H groups in total. The van der Waals surface area contributed by atoms with Crippen molar-refractivity contribution in [2.45, 2.75) is 37.1 Å². The number of hydrogen-bond acceptors (Lipinski definition) is 3. The lowest BCUT2D eigenvalue weighted by Gasteiger charge is -2.08. The molecule has 1 aromatic carbocycles. The van der Waals surface area contributed by atoms with Gasteiger partial charge in [0, 0.05) is 12.1 Å². The van der Waals surface area contributed by atoms with Crippen molar-refractivity contribution in [2.75, 3.05) is 5.73 Å². The number of benzene rings is 1. The van der Waals surface area contributed by atoms with Crippen LogP contribution in [0.1, 0.15) is 26.2 Å². The zero-order valence-corrected chi connectivity index (χ0v) is 11.3. The van der Waals surface area contributed by atoms with Gasteiger partial charge in [0.25, 0.3) is 0 Å². The summed E-state index contributed by atoms with van der Waals surface area (Å²) in [7, 11) is -3.99. The number of nitrogens with two attached hydrogens (primary N) is 1. The molecule has 2 rings (SSSR count). The van der Waals surface area contributed by atoms with Gasteiger partial charge in [0.05, 0.1) is 5.69 Å². The first-order valence-corrected chi connectivity index (χ1v) is 7.60. The second kappa shape index (κ2) is 5.05. The van der Waals surface area contributed by atoms with Crippen molar-refractivity contribution in [1.29, 1.82) is 0 Å². The minimum absolute atomic E-state index is 0.157. The number of rotatable bonds is 5. The Labute approximate surface area is 111 Å². The molecule has 7 heteroatoms. The van der Waals surface area contributed by atoms with Gasteiger partial charge >= 0.3 is 0 Å². The number of halogens is 2. The minimum atomic E-state index is -3.99. The topological polar surface area (TPSA) is 72.2 Å². The van der Waals surface area contributed by atoms with Crippen LogP contribution in [0.3, 0.4) is 0 Å². The van der Waals surface area contributed by atoms with Gasteiger partial charge in [-0.2, -0.15) is 0 Å². The summed E-state index contributed by atoms with van der Waals surface area (Å²) in [5.41, 5.74) is 4.89. The van der Waals surface area contributed by atoms with Crippen LogP contribution >= 0.6 is 0 Å². The van der Waals surface area contributed by atoms with E-state index < -0.39 is 26.6 Å². The third-order valence-electron chi connectivity index (χ3n) is 3.23. The minimum Gasteiger partial charge on any atom is -0.396 e. The van der Waals surface area contributed by atoms with Gasteiger partial charge in [-0.05, 0) is 24.8 Å². The molecule has 0 aromatic heterocycles. The Morgan fingerprint density at radius 2 is 2.05 bits per heavy atom. The average molecular weight is 290 g/mol. The first-order valence-electron chi connectivity index (χ1n) is 6.12. The first kappa shape index (κ1) is 14.2. The highest BCUT2D eigenvalue weighted by Crippen LogP contribution is 2.36. The maximum absolute atomic E-state index is 13.5. The van der Waals surface area contributed by atoms with Gasteiger partial charge in [0.1, 0.15) is 16.5 Å². The fourth-order valence-corrected chi connectivity index (χ4v) is 3.51. The predicted octanol–water partition coefficient (Wildman–Crippen LogP) is 2.01. The summed E-state index contributed by atoms with van der Waals surface area (Å²) in [5.74, 6) is -1.79. The van der Waals surface area contributed by atoms with E-state index in [-0.39, 0.29) is 11.7 Å². The van der Waals surface area contributed by atoms with Crippen molar-refractivity contribution in [1.82, 2.24) is 4.72 Å². The molecule has 0 bridgehead atoms. The van der Waals surface area contributed by atoms with Gasteiger partial charge < -0.3 is 5.73 Å². The Bertz CT molecular complexity index is 590. The summed E-state index contributed by atoms with van der Waals surface area (Å²) in [6.45, 7) is 2.02. The van der Waals surface area contributed by atoms with Crippen molar-refractivity contribution in [3.8, 4) is 0 Å². The molecule has 0 radical (unpaired) electrons. The van der Waals surface area contributed by atoms with Crippen LogP contribution in [0.2, 0.25) is 0 Å². The molecule has 2 unspecified atom stereocenters. The molecule has 4 nitrogen and oxygen atoms in total. The van der Waals surface area contributed by atoms with E-state index in [1.807, 2.05) is 6.92 Å². The third-order valence-corrected chi connectivity index (χ3v) is 4.73. The summed E-state index contributed by atoms with van der Waals surface area (Å²) in [6, 6.07) is 1.14. The smallest absolute Gasteiger partial charge is 0.243 e. The predicted molar refractivity (Wildman–Crippen MR) is 67.9 cm³/mol. The normalized spacial score (nSPS) is 22.5. The molecular weight excluding hydrogens is 274 g/mol. The van der Waals surface area contributed by atoms with Gasteiger partial charge in [-0.1, -0.05) is 13.3 Å². The number of anilines is 1. The van der Waals surface area contributed by atoms with Crippen LogP contribution in [0.4, 0.5) is 14.5 Å². The Morgan fingerprint density at radius 3 is 2.68 bits per heavy atom. The van der Waals surface area contributed by atoms with E-state index >= 15 is 0 Å². The molecule has 19 heavy (non-hydrogen) atoms. The van der Waals surface area contributed by atoms with Crippen molar-refractivity contribution >= 4 is 15.7 Å². The van der Waals surface area contributed by atoms with E-state index in [0.717, 1.165) is 25.3 Å². The zero-order chi connectivity index (χ0) is 14.2. The van der Waals surface area contributed by atoms with E-state index in [4.69, 9.17) is 5.73 Å². The van der Waals surface area contributed by atoms with Crippen LogP contribution < -0.4 is 10.5 Å². The molecule has 0 aliphatic heterocycles. The summed E-state index contributed by atoms with van der Waals surface area (Å²) in [4.78, 5) is -0.603. The SMILES string of the molecule is CCCC1CC1NS(=O)(=O)c1cc(N)c(F)cc1F. The van der Waals surface area contributed by atoms with E-state index in [1.165, 1.54) is 0 Å². The Hall–Kier alpha value is -1.21. The molecule has 1 fully saturated rings. The first-order chi connectivity index (χ1) is 8.85. The second-order valence-corrected chi connectivity index (χ2v) is 6.50. The maximum atomic E-state index is 13.5. The monoisotopic (exact) mass is 290 g/mol. The Morgan fingerprint density at radius 1 is 1.37 bits per heavy atom. The summed E-state index contributed by atoms with van der Waals surface area (Å²) in [5, 5.41) is 0. The summed E-state index contributed by atoms with van der Waals surface area (Å²) in [6.07, 6.45) is 2.66. The molecule has 0 spiro atoms. The third kappa shape index (κ3) is 3.03. The van der Waals surface area contributed by atoms with E-state index in [9.17, 15) is 17.2 Å². The standard InChI is InChI=1S/C12H16F2N2O2S/c1-2-3-7-4-11(7)16-19(17,18)12-6-10(15)8(13)5-9(12)14/h5-7,11,16H,2-4,15H2,1H3. The van der Waals surface area contributed by atoms with Crippen LogP contribution in [-0.2, 0) is 10.0 Å². The number of hydrogen-bond donors (Lipinski definition) is 2. The molecule has 2 atom stereocenters. The lowest BCUT2D eigenvalue weighted by atomic mass is 10.2. The fraction of sp³-hybridized carbons (Fsp3) is 0.500. The van der Waals surface area contributed by atoms with Crippen LogP contribution in [0.15, 0.2) is 17.0 Å². The van der Waals surface area contributed by atoms with Crippen molar-refractivity contribution in [3.05, 3.63) is 23.8 Å². The van der Waals surface area contributed by atoms with E-state index in [0.29, 0.717) is 12.0 Å². The highest BCUT2D eigenvalue weighted by molar-refractivity contribution is 7.89. The van der Waals surface area contributed by atoms with Crippen LogP contribution in [0, 0.1) is 17.6 Å². The Balaban J connectivity index is 2.19. The highest BCUT2D eigenvalue weighted by atomic mass is 32.2. The number of sulfonamides is 1. The molecule has 106 valence electrons. The van der Waals surface area contributed by atoms with Crippen LogP contribution in [0.25, 0.3) is 0 Å². The average Bonchev–Trinajstić information content (AvgIpc) is 3.01. The molecule has 1 saturated carbocycles. The molecule has 0 saturated heterocycles. The van der Waals surface area contributed by atoms with Crippen LogP contribution in [0.5, 0.6) is 0 Å². The maximum Gasteiger partial charge on any atom is 0.243 e. The lowest BCUT2D eigenvalue weighted by molar-refractivity contribution is 0.541. The van der Waals surface area contributed by atoms with Crippen LogP contribution in [-0.4, -0.2) is 14.5 Å². The van der Waals surface area contributed by atoms with Gasteiger partial charge in [-0.15, -0.1) is 0 Å². The number of nitrogen functional groups attached to an aromatic ring is 1. The molecular formula is C12H16F2N2O2S. The second-order valence-electron chi connectivity index (χ2n) is 4.82. The van der Waals surface area contributed by atoms with Crippen molar-refractivity contribution < 1.29 is 17.2 Å². The largest absolute Gasteiger partial charge is 0.396 e. The van der Waals surface area contributed by atoms with Gasteiger partial charge in [0.2, 0.25) is 10.0 Å². The molecule has 0 amide bonds. The molecule has 1 aromatic rings. The lowest BCUT2D eigenvalue weighted by Crippen LogP contribution is -2.28. The van der Waals surface area contributed by atoms with Crippen molar-refractivity contribution in [2.24, 2.45) is 5.92 Å². The molecule has 0 heterocycles. The van der Waals surface area contributed by atoms with Gasteiger partial charge in [0.15, 0.2) is 0 Å². The zero-order valence-electron chi connectivity index (χ0n) is 10.5. The van der Waals surface area contributed by atoms with Gasteiger partial charge in [-0.25, -0.2) is 21.9 Å². The fourth-order valence-electron chi connectivity index (χ4n) is 2.10. The molecule has 1 aliphatic carbocycles. The highest BCUT2D eigenvalue weighted by Gasteiger charge is 2.39. The quantitative estimate of drug-likeness (QED) is 0.815. The van der Waals surface area contributed by atoms with E-state index in [1.54, 1.807) is 0 Å². The summed E-state index contributed by atoms with van der Waals surface area (Å²) >= 11 is 0. The van der Waals surface area contributed by atoms with Gasteiger partial charge in [-0.3, -0.25) is 0 Å². The Kier molecular flexibility index (Phi) is 3.78. The van der Waals surface area contributed by atoms with E-state index in [2.05, 4.69) is 4.72 Å². The summed E-state index contributed by atoms with van der Waals surface area (Å²) < 4.78 is 52.9.